The second-order valence-electron chi connectivity index (χ2n) is 6.65. The van der Waals surface area contributed by atoms with Crippen LogP contribution in [0.5, 0.6) is 5.75 Å². The highest BCUT2D eigenvalue weighted by Crippen LogP contribution is 2.27. The van der Waals surface area contributed by atoms with Crippen LogP contribution in [0.15, 0.2) is 42.5 Å². The van der Waals surface area contributed by atoms with Gasteiger partial charge in [-0.1, -0.05) is 23.2 Å². The monoisotopic (exact) mass is 450 g/mol. The van der Waals surface area contributed by atoms with Gasteiger partial charge in [0.25, 0.3) is 5.91 Å². The average molecular weight is 451 g/mol. The molecule has 1 N–H and O–H groups in total. The van der Waals surface area contributed by atoms with Crippen molar-refractivity contribution in [1.82, 2.24) is 0 Å². The van der Waals surface area contributed by atoms with Gasteiger partial charge in [0.2, 0.25) is 5.91 Å². The zero-order valence-electron chi connectivity index (χ0n) is 16.2. The highest BCUT2D eigenvalue weighted by atomic mass is 35.5. The summed E-state index contributed by atoms with van der Waals surface area (Å²) in [6.07, 6.45) is 0.0254. The minimum Gasteiger partial charge on any atom is -0.494 e. The van der Waals surface area contributed by atoms with Crippen LogP contribution in [0.3, 0.4) is 0 Å². The van der Waals surface area contributed by atoms with E-state index in [1.165, 1.54) is 23.1 Å². The smallest absolute Gasteiger partial charge is 0.311 e. The molecule has 1 fully saturated rings. The van der Waals surface area contributed by atoms with Gasteiger partial charge >= 0.3 is 5.97 Å². The second kappa shape index (κ2) is 9.82. The van der Waals surface area contributed by atoms with Crippen LogP contribution < -0.4 is 15.0 Å². The lowest BCUT2D eigenvalue weighted by Crippen LogP contribution is -2.28. The number of amides is 2. The lowest BCUT2D eigenvalue weighted by atomic mass is 10.1. The Morgan fingerprint density at radius 3 is 2.43 bits per heavy atom. The van der Waals surface area contributed by atoms with E-state index in [4.69, 9.17) is 32.7 Å². The first-order valence-corrected chi connectivity index (χ1v) is 10.1. The Kier molecular flexibility index (Phi) is 7.18. The molecule has 158 valence electrons. The molecule has 0 bridgehead atoms. The first-order valence-electron chi connectivity index (χ1n) is 9.31. The second-order valence-corrected chi connectivity index (χ2v) is 7.52. The number of hydrogen-bond acceptors (Lipinski definition) is 5. The minimum absolute atomic E-state index is 0.0254. The molecule has 0 aliphatic carbocycles. The van der Waals surface area contributed by atoms with Gasteiger partial charge in [0.1, 0.15) is 5.75 Å². The number of carbonyl (C=O) groups is 3. The highest BCUT2D eigenvalue weighted by Gasteiger charge is 2.36. The predicted molar refractivity (Wildman–Crippen MR) is 114 cm³/mol. The number of nitrogens with one attached hydrogen (secondary N) is 1. The molecule has 3 rings (SSSR count). The zero-order chi connectivity index (χ0) is 21.7. The van der Waals surface area contributed by atoms with Crippen LogP contribution in [0.4, 0.5) is 11.4 Å². The lowest BCUT2D eigenvalue weighted by Gasteiger charge is -2.17. The third-order valence-electron chi connectivity index (χ3n) is 4.41. The van der Waals surface area contributed by atoms with Crippen LogP contribution in [0, 0.1) is 5.92 Å². The maximum absolute atomic E-state index is 12.3. The van der Waals surface area contributed by atoms with Gasteiger partial charge in [0.15, 0.2) is 6.61 Å². The first kappa shape index (κ1) is 21.9. The number of benzene rings is 2. The molecule has 0 radical (unpaired) electrons. The molecule has 2 aromatic carbocycles. The fourth-order valence-electron chi connectivity index (χ4n) is 3.08. The Bertz CT molecular complexity index is 929. The van der Waals surface area contributed by atoms with Gasteiger partial charge in [0.05, 0.1) is 12.5 Å². The zero-order valence-corrected chi connectivity index (χ0v) is 17.7. The van der Waals surface area contributed by atoms with Gasteiger partial charge in [-0.25, -0.2) is 0 Å². The van der Waals surface area contributed by atoms with Crippen molar-refractivity contribution in [3.63, 3.8) is 0 Å². The van der Waals surface area contributed by atoms with Gasteiger partial charge in [-0.05, 0) is 49.4 Å². The van der Waals surface area contributed by atoms with Gasteiger partial charge < -0.3 is 19.7 Å². The van der Waals surface area contributed by atoms with Crippen LogP contribution in [0.2, 0.25) is 10.0 Å². The number of nitrogens with zero attached hydrogens (tertiary/aromatic N) is 1. The fourth-order valence-corrected chi connectivity index (χ4v) is 3.61. The van der Waals surface area contributed by atoms with E-state index in [1.807, 2.05) is 6.92 Å². The van der Waals surface area contributed by atoms with Crippen LogP contribution >= 0.6 is 23.2 Å². The van der Waals surface area contributed by atoms with E-state index in [2.05, 4.69) is 5.32 Å². The van der Waals surface area contributed by atoms with E-state index < -0.39 is 24.4 Å². The van der Waals surface area contributed by atoms with Crippen LogP contribution in [-0.4, -0.2) is 37.5 Å². The van der Waals surface area contributed by atoms with Crippen molar-refractivity contribution in [1.29, 1.82) is 0 Å². The van der Waals surface area contributed by atoms with Crippen molar-refractivity contribution >= 4 is 52.4 Å². The maximum atomic E-state index is 12.3. The predicted octanol–water partition coefficient (Wildman–Crippen LogP) is 3.93. The topological polar surface area (TPSA) is 84.9 Å². The Hall–Kier alpha value is -2.77. The van der Waals surface area contributed by atoms with Crippen molar-refractivity contribution in [2.75, 3.05) is 30.0 Å². The Labute approximate surface area is 183 Å². The largest absolute Gasteiger partial charge is 0.494 e. The van der Waals surface area contributed by atoms with E-state index >= 15 is 0 Å². The van der Waals surface area contributed by atoms with Gasteiger partial charge in [-0.2, -0.15) is 0 Å². The van der Waals surface area contributed by atoms with E-state index in [-0.39, 0.29) is 18.9 Å². The number of halogens is 2. The number of ether oxygens (including phenoxy) is 2. The number of esters is 1. The van der Waals surface area contributed by atoms with Crippen molar-refractivity contribution < 1.29 is 23.9 Å². The van der Waals surface area contributed by atoms with Crippen LogP contribution in [-0.2, 0) is 19.1 Å². The summed E-state index contributed by atoms with van der Waals surface area (Å²) in [4.78, 5) is 38.2. The normalized spacial score (nSPS) is 15.8. The molecule has 0 unspecified atom stereocenters. The van der Waals surface area contributed by atoms with Crippen molar-refractivity contribution in [2.45, 2.75) is 13.3 Å². The highest BCUT2D eigenvalue weighted by molar-refractivity contribution is 6.35. The van der Waals surface area contributed by atoms with E-state index in [1.54, 1.807) is 24.3 Å². The molecule has 0 spiro atoms. The van der Waals surface area contributed by atoms with Crippen LogP contribution in [0.1, 0.15) is 13.3 Å². The molecule has 1 saturated heterocycles. The van der Waals surface area contributed by atoms with E-state index in [0.717, 1.165) is 0 Å². The molecule has 30 heavy (non-hydrogen) atoms. The minimum atomic E-state index is -0.641. The summed E-state index contributed by atoms with van der Waals surface area (Å²) in [6.45, 7) is 2.15. The number of rotatable bonds is 7. The summed E-state index contributed by atoms with van der Waals surface area (Å²) in [6, 6.07) is 11.6. The Balaban J connectivity index is 1.52. The van der Waals surface area contributed by atoms with E-state index in [0.29, 0.717) is 33.8 Å². The maximum Gasteiger partial charge on any atom is 0.311 e. The SMILES string of the molecule is CCOc1ccc(N2C[C@@H](C(=O)OCC(=O)Nc3cc(Cl)cc(Cl)c3)CC2=O)cc1. The summed E-state index contributed by atoms with van der Waals surface area (Å²) in [5, 5.41) is 3.29. The fraction of sp³-hybridized carbons (Fsp3) is 0.286. The molecule has 2 aromatic rings. The van der Waals surface area contributed by atoms with Gasteiger partial charge in [-0.3, -0.25) is 14.4 Å². The Morgan fingerprint density at radius 2 is 1.80 bits per heavy atom. The summed E-state index contributed by atoms with van der Waals surface area (Å²) < 4.78 is 10.5. The molecular formula is C21H20Cl2N2O5. The molecular weight excluding hydrogens is 431 g/mol. The summed E-state index contributed by atoms with van der Waals surface area (Å²) in [5.74, 6) is -1.25. The molecule has 7 nitrogen and oxygen atoms in total. The summed E-state index contributed by atoms with van der Waals surface area (Å²) >= 11 is 11.8. The van der Waals surface area contributed by atoms with Crippen molar-refractivity contribution in [3.05, 3.63) is 52.5 Å². The molecule has 1 heterocycles. The molecule has 1 atom stereocenters. The third kappa shape index (κ3) is 5.64. The van der Waals surface area contributed by atoms with Crippen molar-refractivity contribution in [2.24, 2.45) is 5.92 Å². The van der Waals surface area contributed by atoms with E-state index in [9.17, 15) is 14.4 Å². The van der Waals surface area contributed by atoms with Crippen molar-refractivity contribution in [3.8, 4) is 5.75 Å². The molecule has 1 aliphatic heterocycles. The van der Waals surface area contributed by atoms with Gasteiger partial charge in [-0.15, -0.1) is 0 Å². The molecule has 1 aliphatic rings. The Morgan fingerprint density at radius 1 is 1.13 bits per heavy atom. The molecule has 0 saturated carbocycles. The number of hydrogen-bond donors (Lipinski definition) is 1. The molecule has 9 heteroatoms. The average Bonchev–Trinajstić information content (AvgIpc) is 3.08. The molecule has 2 amide bonds. The lowest BCUT2D eigenvalue weighted by molar-refractivity contribution is -0.151. The standard InChI is InChI=1S/C21H20Cl2N2O5/c1-2-29-18-5-3-17(4-6-18)25-11-13(7-20(25)27)21(28)30-12-19(26)24-16-9-14(22)8-15(23)10-16/h3-6,8-10,13H,2,7,11-12H2,1H3,(H,24,26)/t13-/m0/s1. The third-order valence-corrected chi connectivity index (χ3v) is 4.85. The summed E-state index contributed by atoms with van der Waals surface area (Å²) in [7, 11) is 0. The number of anilines is 2. The quantitative estimate of drug-likeness (QED) is 0.645. The summed E-state index contributed by atoms with van der Waals surface area (Å²) in [5.41, 5.74) is 1.07. The van der Waals surface area contributed by atoms with Gasteiger partial charge in [0, 0.05) is 34.4 Å². The molecule has 0 aromatic heterocycles. The first-order chi connectivity index (χ1) is 14.4. The van der Waals surface area contributed by atoms with Crippen LogP contribution in [0.25, 0.3) is 0 Å². The number of carbonyl (C=O) groups excluding carboxylic acids is 3.